The van der Waals surface area contributed by atoms with Gasteiger partial charge in [-0.05, 0) is 42.5 Å². The maximum absolute atomic E-state index is 11.8. The number of hydrogen-bond donors (Lipinski definition) is 1. The maximum atomic E-state index is 11.8. The molecule has 3 aromatic carbocycles. The minimum absolute atomic E-state index is 0.0488. The summed E-state index contributed by atoms with van der Waals surface area (Å²) in [4.78, 5) is 21.6. The highest BCUT2D eigenvalue weighted by molar-refractivity contribution is 8.19. The van der Waals surface area contributed by atoms with Crippen LogP contribution in [0.3, 0.4) is 0 Å². The lowest BCUT2D eigenvalue weighted by Crippen LogP contribution is -2.20. The van der Waals surface area contributed by atoms with Crippen molar-refractivity contribution in [3.05, 3.63) is 92.5 Å². The van der Waals surface area contributed by atoms with Crippen molar-refractivity contribution in [3.63, 3.8) is 0 Å². The zero-order valence-electron chi connectivity index (χ0n) is 17.2. The Morgan fingerprint density at radius 2 is 1.79 bits per heavy atom. The average Bonchev–Trinajstić information content (AvgIpc) is 3.17. The Bertz CT molecular complexity index is 1340. The molecule has 168 valence electrons. The summed E-state index contributed by atoms with van der Waals surface area (Å²) in [6.07, 6.45) is -2.48. The molecule has 1 unspecified atom stereocenters. The molecule has 0 fully saturated rings. The average molecular weight is 484 g/mol. The quantitative estimate of drug-likeness (QED) is 0.313. The fraction of sp³-hybridized carbons (Fsp3) is 0.0952. The number of phenolic OH excluding ortho intramolecular Hbond substituents is 1. The van der Waals surface area contributed by atoms with Gasteiger partial charge >= 0.3 is 5.69 Å². The molecule has 1 N–H and O–H groups in total. The highest BCUT2D eigenvalue weighted by Gasteiger charge is 2.40. The molecule has 0 bridgehead atoms. The van der Waals surface area contributed by atoms with Crippen LogP contribution in [-0.4, -0.2) is 33.9 Å². The topological polar surface area (TPSA) is 131 Å². The van der Waals surface area contributed by atoms with Crippen LogP contribution >= 0.6 is 6.19 Å². The Morgan fingerprint density at radius 1 is 1.06 bits per heavy atom. The molecule has 3 aromatic rings. The van der Waals surface area contributed by atoms with E-state index in [-0.39, 0.29) is 11.4 Å². The summed E-state index contributed by atoms with van der Waals surface area (Å²) in [5.74, 6) is 0.675. The minimum atomic E-state index is -2.78. The molecule has 12 heteroatoms. The fourth-order valence-electron chi connectivity index (χ4n) is 3.51. The molecule has 1 aliphatic heterocycles. The number of nitrogens with zero attached hydrogens (tertiary/aromatic N) is 4. The molecule has 0 saturated carbocycles. The summed E-state index contributed by atoms with van der Waals surface area (Å²) in [5.41, 5.74) is 0.384. The minimum Gasteiger partial charge on any atom is -0.508 e. The van der Waals surface area contributed by atoms with Gasteiger partial charge in [0.25, 0.3) is 5.69 Å². The molecule has 0 amide bonds. The maximum Gasteiger partial charge on any atom is 0.301 e. The predicted octanol–water partition coefficient (Wildman–Crippen LogP) is 4.16. The smallest absolute Gasteiger partial charge is 0.301 e. The van der Waals surface area contributed by atoms with Crippen molar-refractivity contribution in [1.82, 2.24) is 0 Å². The van der Waals surface area contributed by atoms with E-state index in [0.717, 1.165) is 11.4 Å². The molecule has 0 spiro atoms. The number of methoxy groups -OCH3 is 1. The number of nitro groups is 2. The van der Waals surface area contributed by atoms with Crippen molar-refractivity contribution in [2.75, 3.05) is 18.1 Å². The third kappa shape index (κ3) is 4.15. The molecule has 4 rings (SSSR count). The SMILES string of the molecule is COc1ccc(P2(=S)CC(c3cccc(O)c3)=NN2c2ccc([N+](=O)[O-])cc2[N+](=O)[O-])cc1. The number of hydrogen-bond acceptors (Lipinski definition) is 8. The van der Waals surface area contributed by atoms with Gasteiger partial charge in [-0.1, -0.05) is 23.9 Å². The second-order valence-electron chi connectivity index (χ2n) is 7.13. The van der Waals surface area contributed by atoms with E-state index in [1.807, 2.05) is 0 Å². The summed E-state index contributed by atoms with van der Waals surface area (Å²) < 4.78 is 6.67. The van der Waals surface area contributed by atoms with E-state index >= 15 is 0 Å². The van der Waals surface area contributed by atoms with E-state index in [1.165, 1.54) is 23.0 Å². The molecule has 0 saturated heterocycles. The number of nitro benzene ring substituents is 2. The molecule has 0 aromatic heterocycles. The van der Waals surface area contributed by atoms with Crippen molar-refractivity contribution in [2.24, 2.45) is 5.10 Å². The molecule has 1 aliphatic rings. The first-order chi connectivity index (χ1) is 15.7. The Kier molecular flexibility index (Phi) is 5.84. The number of rotatable bonds is 6. The first kappa shape index (κ1) is 22.4. The highest BCUT2D eigenvalue weighted by Crippen LogP contribution is 2.57. The van der Waals surface area contributed by atoms with Crippen molar-refractivity contribution in [3.8, 4) is 11.5 Å². The van der Waals surface area contributed by atoms with Crippen molar-refractivity contribution < 1.29 is 19.7 Å². The lowest BCUT2D eigenvalue weighted by molar-refractivity contribution is -0.393. The standard InChI is InChI=1S/C21H17N4O6PS/c1-31-17-6-8-18(9-7-17)32(33)13-19(14-3-2-4-16(26)11-14)22-23(32)20-10-5-15(24(27)28)12-21(20)25(29)30/h2-12,26H,13H2,1H3. The van der Waals surface area contributed by atoms with Crippen LogP contribution in [0.25, 0.3) is 0 Å². The van der Waals surface area contributed by atoms with Crippen LogP contribution in [0.1, 0.15) is 5.56 Å². The molecule has 10 nitrogen and oxygen atoms in total. The number of anilines is 1. The van der Waals surface area contributed by atoms with E-state index < -0.39 is 27.4 Å². The van der Waals surface area contributed by atoms with Crippen LogP contribution < -0.4 is 14.8 Å². The molecular formula is C21H17N4O6PS. The van der Waals surface area contributed by atoms with Crippen molar-refractivity contribution >= 4 is 46.1 Å². The Morgan fingerprint density at radius 3 is 2.39 bits per heavy atom. The van der Waals surface area contributed by atoms with Crippen molar-refractivity contribution in [2.45, 2.75) is 0 Å². The number of non-ortho nitro benzene ring substituents is 1. The van der Waals surface area contributed by atoms with Gasteiger partial charge in [0.15, 0.2) is 0 Å². The fourth-order valence-corrected chi connectivity index (χ4v) is 7.18. The molecular weight excluding hydrogens is 467 g/mol. The van der Waals surface area contributed by atoms with E-state index in [1.54, 1.807) is 49.6 Å². The van der Waals surface area contributed by atoms with Crippen LogP contribution in [0.5, 0.6) is 11.5 Å². The number of hydrazone groups is 1. The number of aromatic hydroxyl groups is 1. The monoisotopic (exact) mass is 484 g/mol. The van der Waals surface area contributed by atoms with Gasteiger partial charge in [0.2, 0.25) is 0 Å². The summed E-state index contributed by atoms with van der Waals surface area (Å²) >= 11 is 6.12. The summed E-state index contributed by atoms with van der Waals surface area (Å²) in [6, 6.07) is 17.0. The Labute approximate surface area is 193 Å². The number of phenols is 1. The Hall–Kier alpha value is -3.82. The van der Waals surface area contributed by atoms with Crippen LogP contribution in [0, 0.1) is 20.2 Å². The molecule has 1 atom stereocenters. The van der Waals surface area contributed by atoms with Gasteiger partial charge in [0.05, 0.1) is 34.9 Å². The van der Waals surface area contributed by atoms with E-state index in [9.17, 15) is 25.3 Å². The second-order valence-corrected chi connectivity index (χ2v) is 11.6. The van der Waals surface area contributed by atoms with Crippen LogP contribution in [0.4, 0.5) is 17.1 Å². The summed E-state index contributed by atoms with van der Waals surface area (Å²) in [5, 5.41) is 38.3. The number of benzene rings is 3. The van der Waals surface area contributed by atoms with Crippen LogP contribution in [-0.2, 0) is 11.8 Å². The van der Waals surface area contributed by atoms with E-state index in [0.29, 0.717) is 23.2 Å². The largest absolute Gasteiger partial charge is 0.508 e. The van der Waals surface area contributed by atoms with Crippen LogP contribution in [0.2, 0.25) is 0 Å². The summed E-state index contributed by atoms with van der Waals surface area (Å²) in [6.45, 7) is 0. The van der Waals surface area contributed by atoms with Gasteiger partial charge in [0.1, 0.15) is 17.2 Å². The summed E-state index contributed by atoms with van der Waals surface area (Å²) in [7, 11) is 1.54. The molecule has 0 aliphatic carbocycles. The van der Waals surface area contributed by atoms with E-state index in [4.69, 9.17) is 16.5 Å². The van der Waals surface area contributed by atoms with Gasteiger partial charge in [-0.3, -0.25) is 20.2 Å². The van der Waals surface area contributed by atoms with Gasteiger partial charge in [-0.2, -0.15) is 5.10 Å². The lowest BCUT2D eigenvalue weighted by Gasteiger charge is -2.27. The molecule has 0 radical (unpaired) electrons. The lowest BCUT2D eigenvalue weighted by atomic mass is 10.1. The first-order valence-electron chi connectivity index (χ1n) is 9.57. The first-order valence-corrected chi connectivity index (χ1v) is 12.5. The molecule has 1 heterocycles. The van der Waals surface area contributed by atoms with E-state index in [2.05, 4.69) is 5.10 Å². The number of ether oxygens (including phenoxy) is 1. The zero-order valence-corrected chi connectivity index (χ0v) is 18.9. The van der Waals surface area contributed by atoms with Crippen molar-refractivity contribution in [1.29, 1.82) is 0 Å². The van der Waals surface area contributed by atoms with Gasteiger partial charge in [-0.25, -0.2) is 4.78 Å². The third-order valence-corrected chi connectivity index (χ3v) is 9.36. The Balaban J connectivity index is 1.91. The highest BCUT2D eigenvalue weighted by atomic mass is 32.4. The van der Waals surface area contributed by atoms with Gasteiger partial charge < -0.3 is 9.84 Å². The third-order valence-electron chi connectivity index (χ3n) is 5.12. The van der Waals surface area contributed by atoms with Gasteiger partial charge in [-0.15, -0.1) is 0 Å². The zero-order chi connectivity index (χ0) is 23.8. The normalized spacial score (nSPS) is 17.5. The predicted molar refractivity (Wildman–Crippen MR) is 129 cm³/mol. The second kappa shape index (κ2) is 8.61. The van der Waals surface area contributed by atoms with Crippen LogP contribution in [0.15, 0.2) is 71.8 Å². The molecule has 33 heavy (non-hydrogen) atoms. The van der Waals surface area contributed by atoms with Gasteiger partial charge in [0, 0.05) is 23.1 Å².